The summed E-state index contributed by atoms with van der Waals surface area (Å²) in [6, 6.07) is 8.12. The highest BCUT2D eigenvalue weighted by atomic mass is 32.2. The summed E-state index contributed by atoms with van der Waals surface area (Å²) < 4.78 is 5.39. The lowest BCUT2D eigenvalue weighted by Gasteiger charge is -2.38. The molecule has 1 unspecified atom stereocenters. The Labute approximate surface area is 153 Å². The molecule has 1 atom stereocenters. The lowest BCUT2D eigenvalue weighted by atomic mass is 9.89. The molecule has 6 heteroatoms. The first-order valence-corrected chi connectivity index (χ1v) is 9.35. The molecule has 136 valence electrons. The number of hydrogen-bond donors (Lipinski definition) is 2. The Kier molecular flexibility index (Phi) is 7.08. The van der Waals surface area contributed by atoms with E-state index in [9.17, 15) is 9.59 Å². The van der Waals surface area contributed by atoms with Crippen LogP contribution in [0.5, 0.6) is 0 Å². The van der Waals surface area contributed by atoms with Crippen molar-refractivity contribution in [2.45, 2.75) is 42.4 Å². The van der Waals surface area contributed by atoms with Crippen molar-refractivity contribution < 1.29 is 14.3 Å². The SMILES string of the molecule is C=CC(=O)NC1(CNC(=O)C(C)Sc2ccc(C)cc2)CCOCC1. The largest absolute Gasteiger partial charge is 0.381 e. The van der Waals surface area contributed by atoms with Gasteiger partial charge in [0.15, 0.2) is 0 Å². The number of amides is 2. The van der Waals surface area contributed by atoms with Crippen LogP contribution in [0.15, 0.2) is 41.8 Å². The van der Waals surface area contributed by atoms with Crippen molar-refractivity contribution in [1.29, 1.82) is 0 Å². The maximum atomic E-state index is 12.5. The minimum Gasteiger partial charge on any atom is -0.381 e. The van der Waals surface area contributed by atoms with Gasteiger partial charge in [-0.3, -0.25) is 9.59 Å². The average molecular weight is 362 g/mol. The molecule has 1 aliphatic rings. The van der Waals surface area contributed by atoms with E-state index in [0.717, 1.165) is 4.90 Å². The summed E-state index contributed by atoms with van der Waals surface area (Å²) in [6.07, 6.45) is 2.60. The third kappa shape index (κ3) is 5.90. The van der Waals surface area contributed by atoms with E-state index in [1.54, 1.807) is 0 Å². The zero-order valence-corrected chi connectivity index (χ0v) is 15.7. The summed E-state index contributed by atoms with van der Waals surface area (Å²) in [6.45, 7) is 8.96. The van der Waals surface area contributed by atoms with Crippen LogP contribution in [0.2, 0.25) is 0 Å². The van der Waals surface area contributed by atoms with E-state index in [1.807, 2.05) is 38.1 Å². The third-order valence-electron chi connectivity index (χ3n) is 4.33. The number of rotatable bonds is 7. The minimum absolute atomic E-state index is 0.0377. The molecular weight excluding hydrogens is 336 g/mol. The van der Waals surface area contributed by atoms with Crippen molar-refractivity contribution >= 4 is 23.6 Å². The third-order valence-corrected chi connectivity index (χ3v) is 5.44. The van der Waals surface area contributed by atoms with Crippen molar-refractivity contribution in [3.63, 3.8) is 0 Å². The van der Waals surface area contributed by atoms with E-state index in [0.29, 0.717) is 32.6 Å². The van der Waals surface area contributed by atoms with Crippen LogP contribution < -0.4 is 10.6 Å². The molecule has 25 heavy (non-hydrogen) atoms. The fourth-order valence-electron chi connectivity index (χ4n) is 2.70. The number of thioether (sulfide) groups is 1. The molecule has 2 amide bonds. The molecule has 1 aliphatic heterocycles. The average Bonchev–Trinajstić information content (AvgIpc) is 2.62. The maximum absolute atomic E-state index is 12.5. The van der Waals surface area contributed by atoms with Crippen LogP contribution in [0.3, 0.4) is 0 Å². The first-order valence-electron chi connectivity index (χ1n) is 8.47. The van der Waals surface area contributed by atoms with Crippen LogP contribution in [0, 0.1) is 6.92 Å². The number of hydrogen-bond acceptors (Lipinski definition) is 4. The molecule has 2 rings (SSSR count). The summed E-state index contributed by atoms with van der Waals surface area (Å²) in [4.78, 5) is 25.3. The fraction of sp³-hybridized carbons (Fsp3) is 0.474. The molecule has 0 bridgehead atoms. The van der Waals surface area contributed by atoms with Crippen LogP contribution in [-0.4, -0.2) is 42.4 Å². The van der Waals surface area contributed by atoms with Crippen molar-refractivity contribution in [1.82, 2.24) is 10.6 Å². The Hall–Kier alpha value is -1.79. The molecule has 0 aliphatic carbocycles. The zero-order valence-electron chi connectivity index (χ0n) is 14.8. The predicted molar refractivity (Wildman–Crippen MR) is 101 cm³/mol. The zero-order chi connectivity index (χ0) is 18.3. The Bertz CT molecular complexity index is 610. The van der Waals surface area contributed by atoms with Crippen LogP contribution in [-0.2, 0) is 14.3 Å². The van der Waals surface area contributed by atoms with Gasteiger partial charge in [0, 0.05) is 24.7 Å². The molecule has 5 nitrogen and oxygen atoms in total. The van der Waals surface area contributed by atoms with Crippen LogP contribution in [0.4, 0.5) is 0 Å². The summed E-state index contributed by atoms with van der Waals surface area (Å²) in [5, 5.41) is 5.75. The van der Waals surface area contributed by atoms with E-state index in [2.05, 4.69) is 17.2 Å². The second-order valence-corrected chi connectivity index (χ2v) is 7.79. The quantitative estimate of drug-likeness (QED) is 0.577. The Morgan fingerprint density at radius 2 is 1.96 bits per heavy atom. The van der Waals surface area contributed by atoms with Gasteiger partial charge in [0.05, 0.1) is 10.8 Å². The lowest BCUT2D eigenvalue weighted by molar-refractivity contribution is -0.123. The second kappa shape index (κ2) is 9.06. The highest BCUT2D eigenvalue weighted by molar-refractivity contribution is 8.00. The van der Waals surface area contributed by atoms with E-state index in [1.165, 1.54) is 23.4 Å². The van der Waals surface area contributed by atoms with Gasteiger partial charge in [-0.25, -0.2) is 0 Å². The molecule has 0 aromatic heterocycles. The molecule has 1 aromatic rings. The molecule has 1 heterocycles. The smallest absolute Gasteiger partial charge is 0.243 e. The highest BCUT2D eigenvalue weighted by Crippen LogP contribution is 2.24. The molecule has 0 radical (unpaired) electrons. The standard InChI is InChI=1S/C19H26N2O3S/c1-4-17(22)21-19(9-11-24-12-10-19)13-20-18(23)15(3)25-16-7-5-14(2)6-8-16/h4-8,15H,1,9-13H2,2-3H3,(H,20,23)(H,21,22). The van der Waals surface area contributed by atoms with Gasteiger partial charge in [-0.1, -0.05) is 24.3 Å². The van der Waals surface area contributed by atoms with Crippen molar-refractivity contribution in [3.05, 3.63) is 42.5 Å². The van der Waals surface area contributed by atoms with Gasteiger partial charge >= 0.3 is 0 Å². The van der Waals surface area contributed by atoms with Gasteiger partial charge in [0.1, 0.15) is 0 Å². The summed E-state index contributed by atoms with van der Waals surface area (Å²) in [5.41, 5.74) is 0.730. The Morgan fingerprint density at radius 1 is 1.32 bits per heavy atom. The second-order valence-electron chi connectivity index (χ2n) is 6.38. The summed E-state index contributed by atoms with van der Waals surface area (Å²) >= 11 is 1.52. The van der Waals surface area contributed by atoms with E-state index in [-0.39, 0.29) is 17.1 Å². The van der Waals surface area contributed by atoms with Crippen molar-refractivity contribution in [3.8, 4) is 0 Å². The lowest BCUT2D eigenvalue weighted by Crippen LogP contribution is -2.58. The fourth-order valence-corrected chi connectivity index (χ4v) is 3.59. The summed E-state index contributed by atoms with van der Waals surface area (Å²) in [5.74, 6) is -0.262. The highest BCUT2D eigenvalue weighted by Gasteiger charge is 2.34. The van der Waals surface area contributed by atoms with E-state index < -0.39 is 5.54 Å². The predicted octanol–water partition coefficient (Wildman–Crippen LogP) is 2.44. The van der Waals surface area contributed by atoms with Crippen LogP contribution in [0.1, 0.15) is 25.3 Å². The molecule has 2 N–H and O–H groups in total. The van der Waals surface area contributed by atoms with E-state index in [4.69, 9.17) is 4.74 Å². The molecule has 1 fully saturated rings. The minimum atomic E-state index is -0.465. The molecular formula is C19H26N2O3S. The summed E-state index contributed by atoms with van der Waals surface area (Å²) in [7, 11) is 0. The van der Waals surface area contributed by atoms with Crippen LogP contribution >= 0.6 is 11.8 Å². The molecule has 0 saturated carbocycles. The molecule has 0 spiro atoms. The Morgan fingerprint density at radius 3 is 2.56 bits per heavy atom. The number of nitrogens with one attached hydrogen (secondary N) is 2. The topological polar surface area (TPSA) is 67.4 Å². The van der Waals surface area contributed by atoms with Crippen molar-refractivity contribution in [2.75, 3.05) is 19.8 Å². The Balaban J connectivity index is 1.91. The van der Waals surface area contributed by atoms with Gasteiger partial charge in [-0.05, 0) is 44.9 Å². The van der Waals surface area contributed by atoms with Gasteiger partial charge < -0.3 is 15.4 Å². The van der Waals surface area contributed by atoms with E-state index >= 15 is 0 Å². The first kappa shape index (κ1) is 19.5. The molecule has 1 aromatic carbocycles. The van der Waals surface area contributed by atoms with Gasteiger partial charge in [0.2, 0.25) is 11.8 Å². The van der Waals surface area contributed by atoms with Crippen LogP contribution in [0.25, 0.3) is 0 Å². The van der Waals surface area contributed by atoms with Gasteiger partial charge in [-0.2, -0.15) is 0 Å². The number of carbonyl (C=O) groups is 2. The number of carbonyl (C=O) groups excluding carboxylic acids is 2. The monoisotopic (exact) mass is 362 g/mol. The number of aryl methyl sites for hydroxylation is 1. The van der Waals surface area contributed by atoms with Gasteiger partial charge in [-0.15, -0.1) is 11.8 Å². The normalized spacial score (nSPS) is 17.4. The number of benzene rings is 1. The first-order chi connectivity index (χ1) is 11.9. The maximum Gasteiger partial charge on any atom is 0.243 e. The number of ether oxygens (including phenoxy) is 1. The van der Waals surface area contributed by atoms with Crippen molar-refractivity contribution in [2.24, 2.45) is 0 Å². The molecule has 1 saturated heterocycles. The van der Waals surface area contributed by atoms with Gasteiger partial charge in [0.25, 0.3) is 0 Å².